The van der Waals surface area contributed by atoms with E-state index >= 15 is 0 Å². The molecule has 0 heterocycles. The zero-order valence-corrected chi connectivity index (χ0v) is 16.5. The van der Waals surface area contributed by atoms with Crippen molar-refractivity contribution < 1.29 is 19.1 Å². The maximum absolute atomic E-state index is 12.1. The molecule has 2 rings (SSSR count). The second kappa shape index (κ2) is 10.5. The van der Waals surface area contributed by atoms with Gasteiger partial charge in [0.1, 0.15) is 11.5 Å². The topological polar surface area (TPSA) is 76.7 Å². The Hall–Kier alpha value is -2.67. The largest absolute Gasteiger partial charge is 0.495 e. The standard InChI is InChI=1S/C20H24N2O4S/c1-4-26-18-8-6-5-7-15(18)21-19(23)12-27-13-20(24)22-16-11-14(2)9-10-17(16)25-3/h5-11H,4,12-13H2,1-3H3,(H,21,23)(H,22,24). The average molecular weight is 388 g/mol. The number of nitrogens with one attached hydrogen (secondary N) is 2. The predicted octanol–water partition coefficient (Wildman–Crippen LogP) is 3.71. The Kier molecular flexibility index (Phi) is 8.00. The third kappa shape index (κ3) is 6.53. The molecule has 0 aliphatic rings. The molecule has 0 aromatic heterocycles. The SMILES string of the molecule is CCOc1ccccc1NC(=O)CSCC(=O)Nc1cc(C)ccc1OC. The Morgan fingerprint density at radius 2 is 1.63 bits per heavy atom. The first kappa shape index (κ1) is 20.6. The van der Waals surface area contributed by atoms with Gasteiger partial charge in [0.25, 0.3) is 0 Å². The van der Waals surface area contributed by atoms with Crippen molar-refractivity contribution in [1.82, 2.24) is 0 Å². The Morgan fingerprint density at radius 3 is 2.30 bits per heavy atom. The van der Waals surface area contributed by atoms with E-state index in [-0.39, 0.29) is 23.3 Å². The van der Waals surface area contributed by atoms with E-state index in [2.05, 4.69) is 10.6 Å². The highest BCUT2D eigenvalue weighted by Crippen LogP contribution is 2.26. The summed E-state index contributed by atoms with van der Waals surface area (Å²) in [7, 11) is 1.56. The maximum Gasteiger partial charge on any atom is 0.234 e. The number of para-hydroxylation sites is 2. The monoisotopic (exact) mass is 388 g/mol. The van der Waals surface area contributed by atoms with Crippen molar-refractivity contribution in [3.8, 4) is 11.5 Å². The van der Waals surface area contributed by atoms with Gasteiger partial charge >= 0.3 is 0 Å². The highest BCUT2D eigenvalue weighted by atomic mass is 32.2. The Bertz CT molecular complexity index is 795. The molecule has 0 aliphatic carbocycles. The van der Waals surface area contributed by atoms with Gasteiger partial charge in [-0.25, -0.2) is 0 Å². The van der Waals surface area contributed by atoms with Gasteiger partial charge in [0.15, 0.2) is 0 Å². The van der Waals surface area contributed by atoms with Gasteiger partial charge in [-0.1, -0.05) is 18.2 Å². The number of amides is 2. The van der Waals surface area contributed by atoms with Crippen molar-refractivity contribution in [1.29, 1.82) is 0 Å². The van der Waals surface area contributed by atoms with Crippen LogP contribution in [0.1, 0.15) is 12.5 Å². The first-order chi connectivity index (χ1) is 13.0. The van der Waals surface area contributed by atoms with Crippen molar-refractivity contribution in [2.24, 2.45) is 0 Å². The molecular formula is C20H24N2O4S. The summed E-state index contributed by atoms with van der Waals surface area (Å²) in [6.45, 7) is 4.34. The number of methoxy groups -OCH3 is 1. The quantitative estimate of drug-likeness (QED) is 0.685. The van der Waals surface area contributed by atoms with Gasteiger partial charge in [-0.15, -0.1) is 11.8 Å². The molecule has 27 heavy (non-hydrogen) atoms. The van der Waals surface area contributed by atoms with E-state index in [4.69, 9.17) is 9.47 Å². The summed E-state index contributed by atoms with van der Waals surface area (Å²) in [6, 6.07) is 12.8. The van der Waals surface area contributed by atoms with Gasteiger partial charge in [0, 0.05) is 0 Å². The zero-order valence-electron chi connectivity index (χ0n) is 15.7. The molecule has 0 saturated heterocycles. The van der Waals surface area contributed by atoms with Crippen LogP contribution in [0.2, 0.25) is 0 Å². The fourth-order valence-corrected chi connectivity index (χ4v) is 3.00. The fraction of sp³-hybridized carbons (Fsp3) is 0.300. The number of ether oxygens (including phenoxy) is 2. The minimum absolute atomic E-state index is 0.164. The number of aryl methyl sites for hydroxylation is 1. The van der Waals surface area contributed by atoms with E-state index in [0.717, 1.165) is 5.56 Å². The van der Waals surface area contributed by atoms with Crippen LogP contribution in [0.25, 0.3) is 0 Å². The van der Waals surface area contributed by atoms with Crippen molar-refractivity contribution in [3.05, 3.63) is 48.0 Å². The van der Waals surface area contributed by atoms with E-state index in [9.17, 15) is 9.59 Å². The lowest BCUT2D eigenvalue weighted by molar-refractivity contribution is -0.114. The van der Waals surface area contributed by atoms with Crippen molar-refractivity contribution >= 4 is 35.0 Å². The van der Waals surface area contributed by atoms with Crippen LogP contribution in [0.15, 0.2) is 42.5 Å². The van der Waals surface area contributed by atoms with Crippen LogP contribution in [0, 0.1) is 6.92 Å². The van der Waals surface area contributed by atoms with E-state index in [1.165, 1.54) is 11.8 Å². The molecule has 0 aliphatic heterocycles. The van der Waals surface area contributed by atoms with Crippen LogP contribution in [0.3, 0.4) is 0 Å². The number of hydrogen-bond donors (Lipinski definition) is 2. The van der Waals surface area contributed by atoms with Crippen molar-refractivity contribution in [2.75, 3.05) is 35.9 Å². The summed E-state index contributed by atoms with van der Waals surface area (Å²) < 4.78 is 10.7. The number of carbonyl (C=O) groups is 2. The number of carbonyl (C=O) groups excluding carboxylic acids is 2. The molecule has 0 radical (unpaired) electrons. The van der Waals surface area contributed by atoms with E-state index < -0.39 is 0 Å². The molecule has 2 N–H and O–H groups in total. The van der Waals surface area contributed by atoms with Gasteiger partial charge in [-0.3, -0.25) is 9.59 Å². The van der Waals surface area contributed by atoms with Crippen LogP contribution in [-0.2, 0) is 9.59 Å². The first-order valence-electron chi connectivity index (χ1n) is 8.57. The van der Waals surface area contributed by atoms with Crippen LogP contribution in [-0.4, -0.2) is 37.0 Å². The number of benzene rings is 2. The van der Waals surface area contributed by atoms with Gasteiger partial charge in [-0.05, 0) is 43.7 Å². The minimum atomic E-state index is -0.189. The van der Waals surface area contributed by atoms with E-state index in [1.807, 2.05) is 38.1 Å². The summed E-state index contributed by atoms with van der Waals surface area (Å²) in [5.41, 5.74) is 2.27. The van der Waals surface area contributed by atoms with Crippen LogP contribution < -0.4 is 20.1 Å². The van der Waals surface area contributed by atoms with Gasteiger partial charge < -0.3 is 20.1 Å². The minimum Gasteiger partial charge on any atom is -0.495 e. The third-order valence-corrected chi connectivity index (χ3v) is 4.49. The lowest BCUT2D eigenvalue weighted by atomic mass is 10.2. The second-order valence-corrected chi connectivity index (χ2v) is 6.71. The molecule has 2 aromatic carbocycles. The lowest BCUT2D eigenvalue weighted by Crippen LogP contribution is -2.19. The zero-order chi connectivity index (χ0) is 19.6. The molecule has 7 heteroatoms. The lowest BCUT2D eigenvalue weighted by Gasteiger charge is -2.12. The molecule has 6 nitrogen and oxygen atoms in total. The summed E-state index contributed by atoms with van der Waals surface area (Å²) in [6.07, 6.45) is 0. The molecule has 2 aromatic rings. The Labute approximate surface area is 163 Å². The molecule has 0 bridgehead atoms. The third-order valence-electron chi connectivity index (χ3n) is 3.56. The van der Waals surface area contributed by atoms with Crippen LogP contribution in [0.5, 0.6) is 11.5 Å². The van der Waals surface area contributed by atoms with Crippen molar-refractivity contribution in [2.45, 2.75) is 13.8 Å². The maximum atomic E-state index is 12.1. The molecule has 144 valence electrons. The molecule has 2 amide bonds. The normalized spacial score (nSPS) is 10.2. The highest BCUT2D eigenvalue weighted by molar-refractivity contribution is 8.00. The smallest absolute Gasteiger partial charge is 0.234 e. The average Bonchev–Trinajstić information content (AvgIpc) is 2.64. The second-order valence-electron chi connectivity index (χ2n) is 5.72. The molecule has 0 unspecified atom stereocenters. The molecule has 0 atom stereocenters. The van der Waals surface area contributed by atoms with E-state index in [1.54, 1.807) is 25.3 Å². The highest BCUT2D eigenvalue weighted by Gasteiger charge is 2.11. The van der Waals surface area contributed by atoms with E-state index in [0.29, 0.717) is 29.5 Å². The van der Waals surface area contributed by atoms with Gasteiger partial charge in [0.05, 0.1) is 36.6 Å². The van der Waals surface area contributed by atoms with Crippen LogP contribution >= 0.6 is 11.8 Å². The molecule has 0 saturated carbocycles. The summed E-state index contributed by atoms with van der Waals surface area (Å²) in [4.78, 5) is 24.2. The molecular weight excluding hydrogens is 364 g/mol. The summed E-state index contributed by atoms with van der Waals surface area (Å²) >= 11 is 1.24. The first-order valence-corrected chi connectivity index (χ1v) is 9.73. The molecule has 0 spiro atoms. The number of rotatable bonds is 9. The number of hydrogen-bond acceptors (Lipinski definition) is 5. The number of anilines is 2. The summed E-state index contributed by atoms with van der Waals surface area (Å²) in [5, 5.41) is 5.62. The molecule has 0 fully saturated rings. The summed E-state index contributed by atoms with van der Waals surface area (Å²) in [5.74, 6) is 1.18. The fourth-order valence-electron chi connectivity index (χ4n) is 2.38. The predicted molar refractivity (Wildman–Crippen MR) is 110 cm³/mol. The Balaban J connectivity index is 1.81. The van der Waals surface area contributed by atoms with Crippen molar-refractivity contribution in [3.63, 3.8) is 0 Å². The number of thioether (sulfide) groups is 1. The van der Waals surface area contributed by atoms with Gasteiger partial charge in [-0.2, -0.15) is 0 Å². The Morgan fingerprint density at radius 1 is 0.963 bits per heavy atom. The van der Waals surface area contributed by atoms with Gasteiger partial charge in [0.2, 0.25) is 11.8 Å². The van der Waals surface area contributed by atoms with Crippen LogP contribution in [0.4, 0.5) is 11.4 Å².